The van der Waals surface area contributed by atoms with Crippen molar-refractivity contribution in [2.24, 2.45) is 17.6 Å². The number of nitrogens with one attached hydrogen (secondary N) is 3. The van der Waals surface area contributed by atoms with Crippen molar-refractivity contribution in [2.75, 3.05) is 6.54 Å². The van der Waals surface area contributed by atoms with Crippen LogP contribution in [0.4, 0.5) is 0 Å². The molecular weight excluding hydrogens is 428 g/mol. The summed E-state index contributed by atoms with van der Waals surface area (Å²) >= 11 is 0. The topological polar surface area (TPSA) is 171 Å². The number of aliphatic carboxylic acids is 1. The monoisotopic (exact) mass is 464 g/mol. The van der Waals surface area contributed by atoms with Crippen molar-refractivity contribution in [2.45, 2.75) is 65.1 Å². The molecule has 0 saturated carbocycles. The molecule has 7 N–H and O–H groups in total. The van der Waals surface area contributed by atoms with E-state index in [0.29, 0.717) is 18.4 Å². The normalized spacial score (nSPS) is 15.4. The molecule has 184 valence electrons. The van der Waals surface area contributed by atoms with Crippen LogP contribution in [-0.4, -0.2) is 58.6 Å². The number of carbonyl (C=O) groups is 4. The molecular formula is C23H36N4O6. The summed E-state index contributed by atoms with van der Waals surface area (Å²) in [6.45, 7) is 6.78. The van der Waals surface area contributed by atoms with E-state index in [9.17, 15) is 24.3 Å². The van der Waals surface area contributed by atoms with Gasteiger partial charge in [-0.15, -0.1) is 0 Å². The summed E-state index contributed by atoms with van der Waals surface area (Å²) in [6, 6.07) is 3.37. The molecule has 3 amide bonds. The summed E-state index contributed by atoms with van der Waals surface area (Å²) in [6.07, 6.45) is 1.34. The third-order valence-electron chi connectivity index (χ3n) is 5.78. The first-order valence-electron chi connectivity index (χ1n) is 11.1. The van der Waals surface area contributed by atoms with Gasteiger partial charge in [-0.3, -0.25) is 19.2 Å². The van der Waals surface area contributed by atoms with Crippen LogP contribution in [0.25, 0.3) is 0 Å². The highest BCUT2D eigenvalue weighted by Gasteiger charge is 2.31. The zero-order valence-corrected chi connectivity index (χ0v) is 19.6. The number of hydrogen-bond donors (Lipinski definition) is 6. The maximum absolute atomic E-state index is 13.2. The highest BCUT2D eigenvalue weighted by Crippen LogP contribution is 2.14. The Hall–Kier alpha value is -3.14. The first-order valence-corrected chi connectivity index (χ1v) is 11.1. The lowest BCUT2D eigenvalue weighted by molar-refractivity contribution is -0.139. The Bertz CT molecular complexity index is 814. The van der Waals surface area contributed by atoms with Crippen LogP contribution in [-0.2, 0) is 25.6 Å². The van der Waals surface area contributed by atoms with Crippen LogP contribution in [0, 0.1) is 11.8 Å². The van der Waals surface area contributed by atoms with Gasteiger partial charge >= 0.3 is 5.97 Å². The summed E-state index contributed by atoms with van der Waals surface area (Å²) in [5.74, 6) is -3.22. The molecule has 0 aromatic heterocycles. The number of nitrogens with two attached hydrogens (primary N) is 1. The van der Waals surface area contributed by atoms with Crippen molar-refractivity contribution in [3.8, 4) is 5.75 Å². The van der Waals surface area contributed by atoms with E-state index in [2.05, 4.69) is 16.0 Å². The van der Waals surface area contributed by atoms with Gasteiger partial charge in [-0.2, -0.15) is 0 Å². The van der Waals surface area contributed by atoms with Crippen molar-refractivity contribution in [1.82, 2.24) is 16.0 Å². The third kappa shape index (κ3) is 9.09. The number of phenols is 1. The molecule has 0 fully saturated rings. The van der Waals surface area contributed by atoms with E-state index < -0.39 is 48.4 Å². The number of amides is 3. The molecule has 0 saturated heterocycles. The maximum atomic E-state index is 13.2. The van der Waals surface area contributed by atoms with Gasteiger partial charge in [-0.25, -0.2) is 0 Å². The van der Waals surface area contributed by atoms with E-state index in [-0.39, 0.29) is 24.0 Å². The predicted molar refractivity (Wildman–Crippen MR) is 123 cm³/mol. The molecule has 0 bridgehead atoms. The van der Waals surface area contributed by atoms with Gasteiger partial charge in [0.2, 0.25) is 17.7 Å². The standard InChI is InChI=1S/C23H36N4O6/c1-5-13(3)19(24)22(32)26-17(11-15-7-9-16(28)10-8-15)21(31)27-20(14(4)6-2)23(33)25-12-18(29)30/h7-10,13-14,17,19-20,28H,5-6,11-12,24H2,1-4H3,(H,25,33)(H,26,32)(H,27,31)(H,29,30). The minimum atomic E-state index is -1.20. The fourth-order valence-electron chi connectivity index (χ4n) is 3.09. The zero-order valence-electron chi connectivity index (χ0n) is 19.6. The summed E-state index contributed by atoms with van der Waals surface area (Å²) < 4.78 is 0. The average molecular weight is 465 g/mol. The minimum Gasteiger partial charge on any atom is -0.508 e. The quantitative estimate of drug-likeness (QED) is 0.247. The molecule has 0 spiro atoms. The van der Waals surface area contributed by atoms with Gasteiger partial charge in [0.25, 0.3) is 0 Å². The number of carboxylic acids is 1. The van der Waals surface area contributed by atoms with Crippen LogP contribution in [0.1, 0.15) is 46.1 Å². The summed E-state index contributed by atoms with van der Waals surface area (Å²) in [4.78, 5) is 49.2. The number of rotatable bonds is 13. The number of carboxylic acid groups (broad SMARTS) is 1. The number of aromatic hydroxyl groups is 1. The lowest BCUT2D eigenvalue weighted by Gasteiger charge is -2.27. The van der Waals surface area contributed by atoms with Crippen LogP contribution in [0.15, 0.2) is 24.3 Å². The van der Waals surface area contributed by atoms with Gasteiger partial charge in [0, 0.05) is 6.42 Å². The van der Waals surface area contributed by atoms with Gasteiger partial charge in [0.1, 0.15) is 24.4 Å². The Morgan fingerprint density at radius 2 is 1.48 bits per heavy atom. The fourth-order valence-corrected chi connectivity index (χ4v) is 3.09. The van der Waals surface area contributed by atoms with E-state index in [1.54, 1.807) is 19.1 Å². The molecule has 10 heteroatoms. The Morgan fingerprint density at radius 1 is 0.909 bits per heavy atom. The second-order valence-electron chi connectivity index (χ2n) is 8.33. The molecule has 0 heterocycles. The molecule has 0 radical (unpaired) electrons. The van der Waals surface area contributed by atoms with Crippen molar-refractivity contribution >= 4 is 23.7 Å². The molecule has 10 nitrogen and oxygen atoms in total. The molecule has 0 aliphatic heterocycles. The molecule has 0 aliphatic carbocycles. The summed E-state index contributed by atoms with van der Waals surface area (Å²) in [7, 11) is 0. The number of hydrogen-bond acceptors (Lipinski definition) is 6. The third-order valence-corrected chi connectivity index (χ3v) is 5.78. The number of carbonyl (C=O) groups excluding carboxylic acids is 3. The molecule has 1 aromatic rings. The second kappa shape index (κ2) is 13.4. The van der Waals surface area contributed by atoms with Crippen LogP contribution in [0.3, 0.4) is 0 Å². The summed E-state index contributed by atoms with van der Waals surface area (Å²) in [5, 5.41) is 26.0. The first-order chi connectivity index (χ1) is 15.5. The molecule has 5 atom stereocenters. The fraction of sp³-hybridized carbons (Fsp3) is 0.565. The van der Waals surface area contributed by atoms with E-state index in [1.165, 1.54) is 12.1 Å². The highest BCUT2D eigenvalue weighted by molar-refractivity contribution is 5.94. The Labute approximate surface area is 194 Å². The van der Waals surface area contributed by atoms with Crippen LogP contribution < -0.4 is 21.7 Å². The minimum absolute atomic E-state index is 0.0644. The van der Waals surface area contributed by atoms with Gasteiger partial charge in [-0.1, -0.05) is 52.7 Å². The van der Waals surface area contributed by atoms with Crippen LogP contribution in [0.5, 0.6) is 5.75 Å². The zero-order chi connectivity index (χ0) is 25.1. The SMILES string of the molecule is CCC(C)C(N)C(=O)NC(Cc1ccc(O)cc1)C(=O)NC(C(=O)NCC(=O)O)C(C)CC. The van der Waals surface area contributed by atoms with Crippen molar-refractivity contribution in [3.05, 3.63) is 29.8 Å². The molecule has 5 unspecified atom stereocenters. The van der Waals surface area contributed by atoms with Crippen molar-refractivity contribution in [1.29, 1.82) is 0 Å². The number of benzene rings is 1. The second-order valence-corrected chi connectivity index (χ2v) is 8.33. The van der Waals surface area contributed by atoms with Crippen LogP contribution >= 0.6 is 0 Å². The van der Waals surface area contributed by atoms with Gasteiger partial charge in [-0.05, 0) is 29.5 Å². The van der Waals surface area contributed by atoms with E-state index in [0.717, 1.165) is 0 Å². The molecule has 1 aromatic carbocycles. The van der Waals surface area contributed by atoms with Gasteiger partial charge in [0.05, 0.1) is 6.04 Å². The van der Waals surface area contributed by atoms with Crippen molar-refractivity contribution in [3.63, 3.8) is 0 Å². The average Bonchev–Trinajstić information content (AvgIpc) is 2.79. The van der Waals surface area contributed by atoms with E-state index in [1.807, 2.05) is 20.8 Å². The molecule has 0 aliphatic rings. The van der Waals surface area contributed by atoms with Gasteiger partial charge in [0.15, 0.2) is 0 Å². The Balaban J connectivity index is 3.10. The highest BCUT2D eigenvalue weighted by atomic mass is 16.4. The molecule has 1 rings (SSSR count). The van der Waals surface area contributed by atoms with E-state index in [4.69, 9.17) is 10.8 Å². The van der Waals surface area contributed by atoms with E-state index >= 15 is 0 Å². The smallest absolute Gasteiger partial charge is 0.322 e. The van der Waals surface area contributed by atoms with Crippen molar-refractivity contribution < 1.29 is 29.4 Å². The Morgan fingerprint density at radius 3 is 2.00 bits per heavy atom. The lowest BCUT2D eigenvalue weighted by Crippen LogP contribution is -2.58. The lowest BCUT2D eigenvalue weighted by atomic mass is 9.96. The number of phenolic OH excluding ortho intramolecular Hbond substituents is 1. The van der Waals surface area contributed by atoms with Crippen LogP contribution in [0.2, 0.25) is 0 Å². The first kappa shape index (κ1) is 27.9. The predicted octanol–water partition coefficient (Wildman–Crippen LogP) is 0.525. The largest absolute Gasteiger partial charge is 0.508 e. The Kier molecular flexibility index (Phi) is 11.3. The van der Waals surface area contributed by atoms with Gasteiger partial charge < -0.3 is 31.9 Å². The molecule has 33 heavy (non-hydrogen) atoms. The summed E-state index contributed by atoms with van der Waals surface area (Å²) in [5.41, 5.74) is 6.70. The maximum Gasteiger partial charge on any atom is 0.322 e.